The van der Waals surface area contributed by atoms with Crippen LogP contribution in [0.25, 0.3) is 0 Å². The SMILES string of the molecule is CC/C=C\C/C=C\C/C=C\C/C=C\CCCCCCCCCCCCCCCCC(=O)OC(COC(=O)CCCCCCCCCCCCCCC/C=C\C/C=C\CCCCCCC)COC(OCC[N+](C)(C)C)C(=O)O. The molecule has 0 heterocycles. The summed E-state index contributed by atoms with van der Waals surface area (Å²) in [4.78, 5) is 37.5. The zero-order chi connectivity index (χ0) is 56.2. The summed E-state index contributed by atoms with van der Waals surface area (Å²) >= 11 is 0. The zero-order valence-corrected chi connectivity index (χ0v) is 50.9. The zero-order valence-electron chi connectivity index (χ0n) is 50.9. The van der Waals surface area contributed by atoms with Crippen LogP contribution in [0.4, 0.5) is 0 Å². The van der Waals surface area contributed by atoms with Crippen molar-refractivity contribution in [2.24, 2.45) is 0 Å². The number of ether oxygens (including phenoxy) is 4. The number of allylic oxidation sites excluding steroid dienone is 12. The Bertz CT molecular complexity index is 1490. The molecule has 2 unspecified atom stereocenters. The fourth-order valence-electron chi connectivity index (χ4n) is 9.04. The molecule has 0 fully saturated rings. The van der Waals surface area contributed by atoms with Crippen LogP contribution in [0.1, 0.15) is 284 Å². The van der Waals surface area contributed by atoms with Gasteiger partial charge in [0.1, 0.15) is 13.2 Å². The van der Waals surface area contributed by atoms with Gasteiger partial charge in [-0.2, -0.15) is 0 Å². The van der Waals surface area contributed by atoms with E-state index in [0.29, 0.717) is 17.4 Å². The summed E-state index contributed by atoms with van der Waals surface area (Å²) in [6.07, 6.45) is 74.2. The predicted molar refractivity (Wildman–Crippen MR) is 327 cm³/mol. The van der Waals surface area contributed by atoms with Crippen molar-refractivity contribution in [2.75, 3.05) is 47.5 Å². The lowest BCUT2D eigenvalue weighted by atomic mass is 10.0. The third kappa shape index (κ3) is 60.2. The van der Waals surface area contributed by atoms with Crippen LogP contribution in [0.5, 0.6) is 0 Å². The van der Waals surface area contributed by atoms with Crippen molar-refractivity contribution in [2.45, 2.75) is 296 Å². The highest BCUT2D eigenvalue weighted by Gasteiger charge is 2.25. The Kier molecular flexibility index (Phi) is 56.4. The van der Waals surface area contributed by atoms with Crippen LogP contribution in [0.15, 0.2) is 72.9 Å². The Balaban J connectivity index is 4.17. The lowest BCUT2D eigenvalue weighted by Gasteiger charge is -2.25. The molecule has 0 aliphatic heterocycles. The van der Waals surface area contributed by atoms with Gasteiger partial charge in [-0.05, 0) is 83.5 Å². The number of hydrogen-bond donors (Lipinski definition) is 1. The van der Waals surface area contributed by atoms with Gasteiger partial charge in [0.05, 0.1) is 34.4 Å². The van der Waals surface area contributed by atoms with Crippen molar-refractivity contribution >= 4 is 17.9 Å². The van der Waals surface area contributed by atoms with Gasteiger partial charge in [-0.25, -0.2) is 4.79 Å². The minimum Gasteiger partial charge on any atom is -0.477 e. The number of rotatable bonds is 59. The molecule has 446 valence electrons. The minimum absolute atomic E-state index is 0.183. The molecule has 0 radical (unpaired) electrons. The molecular weight excluding hydrogens is 959 g/mol. The second-order valence-corrected chi connectivity index (χ2v) is 22.7. The van der Waals surface area contributed by atoms with E-state index in [4.69, 9.17) is 18.9 Å². The topological polar surface area (TPSA) is 108 Å². The van der Waals surface area contributed by atoms with E-state index in [1.165, 1.54) is 186 Å². The van der Waals surface area contributed by atoms with Gasteiger partial charge in [-0.3, -0.25) is 9.59 Å². The molecule has 9 heteroatoms. The normalized spacial score (nSPS) is 13.2. The van der Waals surface area contributed by atoms with Gasteiger partial charge in [0, 0.05) is 12.8 Å². The van der Waals surface area contributed by atoms with Crippen molar-refractivity contribution in [1.29, 1.82) is 0 Å². The summed E-state index contributed by atoms with van der Waals surface area (Å²) in [5, 5.41) is 9.73. The molecule has 0 bridgehead atoms. The molecule has 0 aliphatic carbocycles. The van der Waals surface area contributed by atoms with Crippen molar-refractivity contribution in [3.05, 3.63) is 72.9 Å². The number of likely N-dealkylation sites (N-methyl/N-ethyl adjacent to an activating group) is 1. The molecule has 2 atom stereocenters. The first-order valence-electron chi connectivity index (χ1n) is 32.1. The van der Waals surface area contributed by atoms with E-state index in [9.17, 15) is 19.5 Å². The quantitative estimate of drug-likeness (QED) is 0.0211. The first-order chi connectivity index (χ1) is 37.6. The molecule has 9 nitrogen and oxygen atoms in total. The Hall–Kier alpha value is -3.27. The number of quaternary nitrogens is 1. The highest BCUT2D eigenvalue weighted by molar-refractivity contribution is 5.71. The Morgan fingerprint density at radius 3 is 1.10 bits per heavy atom. The predicted octanol–water partition coefficient (Wildman–Crippen LogP) is 19.4. The highest BCUT2D eigenvalue weighted by atomic mass is 16.7. The Labute approximate surface area is 475 Å². The molecule has 0 amide bonds. The van der Waals surface area contributed by atoms with Gasteiger partial charge in [0.15, 0.2) is 6.10 Å². The fourth-order valence-corrected chi connectivity index (χ4v) is 9.04. The molecule has 0 spiro atoms. The first kappa shape index (κ1) is 73.7. The Morgan fingerprint density at radius 1 is 0.403 bits per heavy atom. The van der Waals surface area contributed by atoms with E-state index in [1.54, 1.807) is 0 Å². The average Bonchev–Trinajstić information content (AvgIpc) is 3.40. The number of carbonyl (C=O) groups excluding carboxylic acids is 2. The van der Waals surface area contributed by atoms with Gasteiger partial charge < -0.3 is 28.5 Å². The van der Waals surface area contributed by atoms with Gasteiger partial charge >= 0.3 is 17.9 Å². The van der Waals surface area contributed by atoms with E-state index in [2.05, 4.69) is 86.8 Å². The van der Waals surface area contributed by atoms with Crippen LogP contribution in [-0.4, -0.2) is 87.4 Å². The van der Waals surface area contributed by atoms with Gasteiger partial charge in [-0.15, -0.1) is 0 Å². The van der Waals surface area contributed by atoms with Crippen LogP contribution in [-0.2, 0) is 33.3 Å². The van der Waals surface area contributed by atoms with E-state index in [0.717, 1.165) is 70.6 Å². The molecular formula is C68H122NO8+. The average molecular weight is 1080 g/mol. The number of aliphatic carboxylic acids is 1. The maximum absolute atomic E-state index is 12.9. The maximum atomic E-state index is 12.9. The van der Waals surface area contributed by atoms with Gasteiger partial charge in [0.2, 0.25) is 0 Å². The van der Waals surface area contributed by atoms with Crippen molar-refractivity contribution in [1.82, 2.24) is 0 Å². The van der Waals surface area contributed by atoms with Gasteiger partial charge in [-0.1, -0.05) is 260 Å². The number of carbonyl (C=O) groups is 3. The molecule has 0 saturated carbocycles. The molecule has 0 aromatic heterocycles. The second kappa shape index (κ2) is 58.9. The van der Waals surface area contributed by atoms with E-state index >= 15 is 0 Å². The van der Waals surface area contributed by atoms with Crippen molar-refractivity contribution < 1.29 is 42.9 Å². The van der Waals surface area contributed by atoms with Gasteiger partial charge in [0.25, 0.3) is 6.29 Å². The van der Waals surface area contributed by atoms with Crippen LogP contribution >= 0.6 is 0 Å². The standard InChI is InChI=1S/C68H121NO8/c1-6-8-10-12-14-16-18-20-22-24-26-28-30-32-33-35-37-39-41-43-45-47-49-51-53-55-57-59-66(71)77-64(63-76-68(67(72)73)74-61-60-69(3,4)5)62-75-65(70)58-56-54-52-50-48-46-44-42-40-38-36-34-31-29-27-25-23-21-19-17-15-13-11-9-7-2/h8,10,14,16,19-22,25-28,64,68H,6-7,9,11-13,15,17-18,23-24,29-63H2,1-5H3/p+1/b10-8-,16-14-,21-19-,22-20-,27-25-,28-26-. The number of unbranched alkanes of at least 4 members (excludes halogenated alkanes) is 32. The smallest absolute Gasteiger partial charge is 0.361 e. The van der Waals surface area contributed by atoms with E-state index in [1.807, 2.05) is 21.1 Å². The number of carboxylic acids is 1. The molecule has 0 rings (SSSR count). The van der Waals surface area contributed by atoms with Crippen LogP contribution in [0.2, 0.25) is 0 Å². The number of carboxylic acid groups (broad SMARTS) is 1. The first-order valence-corrected chi connectivity index (χ1v) is 32.1. The molecule has 0 aromatic rings. The summed E-state index contributed by atoms with van der Waals surface area (Å²) in [6, 6.07) is 0. The van der Waals surface area contributed by atoms with E-state index in [-0.39, 0.29) is 32.2 Å². The largest absolute Gasteiger partial charge is 0.477 e. The lowest BCUT2D eigenvalue weighted by molar-refractivity contribution is -0.870. The third-order valence-corrected chi connectivity index (χ3v) is 13.9. The molecule has 0 saturated heterocycles. The fraction of sp³-hybridized carbons (Fsp3) is 0.779. The lowest BCUT2D eigenvalue weighted by Crippen LogP contribution is -2.40. The Morgan fingerprint density at radius 2 is 0.740 bits per heavy atom. The van der Waals surface area contributed by atoms with Crippen LogP contribution < -0.4 is 0 Å². The van der Waals surface area contributed by atoms with Crippen molar-refractivity contribution in [3.8, 4) is 0 Å². The molecule has 1 N–H and O–H groups in total. The maximum Gasteiger partial charge on any atom is 0.361 e. The number of esters is 2. The number of hydrogen-bond acceptors (Lipinski definition) is 7. The van der Waals surface area contributed by atoms with Crippen molar-refractivity contribution in [3.63, 3.8) is 0 Å². The molecule has 0 aliphatic rings. The number of nitrogens with zero attached hydrogens (tertiary/aromatic N) is 1. The monoisotopic (exact) mass is 1080 g/mol. The van der Waals surface area contributed by atoms with E-state index < -0.39 is 24.3 Å². The summed E-state index contributed by atoms with van der Waals surface area (Å²) in [5.74, 6) is -2.00. The summed E-state index contributed by atoms with van der Waals surface area (Å²) in [6.45, 7) is 4.78. The second-order valence-electron chi connectivity index (χ2n) is 22.7. The summed E-state index contributed by atoms with van der Waals surface area (Å²) < 4.78 is 23.0. The van der Waals surface area contributed by atoms with Crippen LogP contribution in [0, 0.1) is 0 Å². The molecule has 77 heavy (non-hydrogen) atoms. The molecule has 0 aromatic carbocycles. The summed E-state index contributed by atoms with van der Waals surface area (Å²) in [7, 11) is 5.98. The third-order valence-electron chi connectivity index (χ3n) is 13.9. The minimum atomic E-state index is -1.51. The highest BCUT2D eigenvalue weighted by Crippen LogP contribution is 2.17. The summed E-state index contributed by atoms with van der Waals surface area (Å²) in [5.41, 5.74) is 0. The van der Waals surface area contributed by atoms with Crippen LogP contribution in [0.3, 0.4) is 0 Å².